The summed E-state index contributed by atoms with van der Waals surface area (Å²) in [6.45, 7) is 5.03. The number of piperidine rings is 1. The van der Waals surface area contributed by atoms with Crippen LogP contribution in [0.15, 0.2) is 12.1 Å². The molecule has 3 rings (SSSR count). The average molecular weight is 391 g/mol. The van der Waals surface area contributed by atoms with E-state index in [1.54, 1.807) is 0 Å². The van der Waals surface area contributed by atoms with Gasteiger partial charge in [-0.1, -0.05) is 12.8 Å². The number of Topliss-reactive ketones (excluding diaryl/α,β-unsaturated/α-hetero) is 1. The Kier molecular flexibility index (Phi) is 7.05. The van der Waals surface area contributed by atoms with Crippen molar-refractivity contribution in [3.8, 4) is 0 Å². The predicted octanol–water partition coefficient (Wildman–Crippen LogP) is 3.66. The lowest BCUT2D eigenvalue weighted by Crippen LogP contribution is -2.44. The van der Waals surface area contributed by atoms with Gasteiger partial charge in [0.25, 0.3) is 0 Å². The van der Waals surface area contributed by atoms with Gasteiger partial charge in [0.05, 0.1) is 4.88 Å². The maximum atomic E-state index is 12.7. The van der Waals surface area contributed by atoms with Crippen LogP contribution in [0.2, 0.25) is 0 Å². The van der Waals surface area contributed by atoms with Crippen LogP contribution in [0.25, 0.3) is 0 Å². The maximum Gasteiger partial charge on any atom is 0.225 e. The summed E-state index contributed by atoms with van der Waals surface area (Å²) in [6, 6.07) is 3.78. The Bertz CT molecular complexity index is 669. The van der Waals surface area contributed by atoms with E-state index in [0.717, 1.165) is 48.5 Å². The van der Waals surface area contributed by atoms with Crippen LogP contribution in [0, 0.1) is 12.8 Å². The third-order valence-corrected chi connectivity index (χ3v) is 6.74. The number of hydrogen-bond acceptors (Lipinski definition) is 4. The highest BCUT2D eigenvalue weighted by atomic mass is 32.1. The smallest absolute Gasteiger partial charge is 0.225 e. The summed E-state index contributed by atoms with van der Waals surface area (Å²) in [5.74, 6) is 0.431. The molecule has 0 aromatic carbocycles. The first-order valence-corrected chi connectivity index (χ1v) is 11.0. The maximum absolute atomic E-state index is 12.7. The van der Waals surface area contributed by atoms with Gasteiger partial charge in [-0.05, 0) is 44.7 Å². The first-order chi connectivity index (χ1) is 13.0. The van der Waals surface area contributed by atoms with Crippen LogP contribution < -0.4 is 0 Å². The third kappa shape index (κ3) is 5.41. The van der Waals surface area contributed by atoms with E-state index in [-0.39, 0.29) is 36.4 Å². The number of hydrogen-bond donors (Lipinski definition) is 0. The summed E-state index contributed by atoms with van der Waals surface area (Å²) >= 11 is 1.48. The molecule has 0 unspecified atom stereocenters. The number of likely N-dealkylation sites (tertiary alicyclic amines) is 2. The molecule has 0 N–H and O–H groups in total. The van der Waals surface area contributed by atoms with Crippen LogP contribution in [0.4, 0.5) is 0 Å². The minimum atomic E-state index is 0.0392. The van der Waals surface area contributed by atoms with Crippen molar-refractivity contribution in [3.63, 3.8) is 0 Å². The largest absolute Gasteiger partial charge is 0.343 e. The van der Waals surface area contributed by atoms with E-state index < -0.39 is 0 Å². The van der Waals surface area contributed by atoms with E-state index in [1.807, 2.05) is 28.9 Å². The number of carbonyl (C=O) groups excluding carboxylic acids is 3. The number of carbonyl (C=O) groups is 3. The molecule has 0 bridgehead atoms. The molecule has 0 atom stereocenters. The lowest BCUT2D eigenvalue weighted by molar-refractivity contribution is -0.140. The first kappa shape index (κ1) is 20.1. The number of rotatable bonds is 5. The topological polar surface area (TPSA) is 57.7 Å². The lowest BCUT2D eigenvalue weighted by atomic mass is 9.94. The Morgan fingerprint density at radius 1 is 0.926 bits per heavy atom. The van der Waals surface area contributed by atoms with Gasteiger partial charge in [0.2, 0.25) is 11.8 Å². The van der Waals surface area contributed by atoms with Crippen molar-refractivity contribution in [1.29, 1.82) is 0 Å². The van der Waals surface area contributed by atoms with Crippen LogP contribution in [0.5, 0.6) is 0 Å². The molecule has 2 saturated heterocycles. The molecule has 2 aliphatic heterocycles. The van der Waals surface area contributed by atoms with Crippen molar-refractivity contribution in [1.82, 2.24) is 9.80 Å². The molecule has 3 heterocycles. The number of aryl methyl sites for hydroxylation is 1. The summed E-state index contributed by atoms with van der Waals surface area (Å²) in [5.41, 5.74) is 0. The fourth-order valence-electron chi connectivity index (χ4n) is 4.01. The monoisotopic (exact) mass is 390 g/mol. The van der Waals surface area contributed by atoms with Gasteiger partial charge in [0.1, 0.15) is 0 Å². The minimum absolute atomic E-state index is 0.0392. The van der Waals surface area contributed by atoms with Crippen molar-refractivity contribution in [2.24, 2.45) is 5.92 Å². The second-order valence-corrected chi connectivity index (χ2v) is 9.02. The number of nitrogens with zero attached hydrogens (tertiary/aromatic N) is 2. The second kappa shape index (κ2) is 9.49. The van der Waals surface area contributed by atoms with Crippen molar-refractivity contribution < 1.29 is 14.4 Å². The van der Waals surface area contributed by atoms with Gasteiger partial charge in [-0.15, -0.1) is 11.3 Å². The van der Waals surface area contributed by atoms with Crippen LogP contribution >= 0.6 is 11.3 Å². The highest BCUT2D eigenvalue weighted by Crippen LogP contribution is 2.23. The van der Waals surface area contributed by atoms with Gasteiger partial charge in [-0.2, -0.15) is 0 Å². The third-order valence-electron chi connectivity index (χ3n) is 5.70. The van der Waals surface area contributed by atoms with Gasteiger partial charge in [0.15, 0.2) is 5.78 Å². The van der Waals surface area contributed by atoms with Crippen LogP contribution in [0.3, 0.4) is 0 Å². The molecule has 0 aliphatic carbocycles. The molecule has 0 radical (unpaired) electrons. The summed E-state index contributed by atoms with van der Waals surface area (Å²) in [5, 5.41) is 0. The normalized spacial score (nSPS) is 19.0. The highest BCUT2D eigenvalue weighted by Gasteiger charge is 2.30. The van der Waals surface area contributed by atoms with Crippen LogP contribution in [0.1, 0.15) is 65.9 Å². The second-order valence-electron chi connectivity index (χ2n) is 7.73. The lowest BCUT2D eigenvalue weighted by Gasteiger charge is -2.34. The Morgan fingerprint density at radius 2 is 1.59 bits per heavy atom. The van der Waals surface area contributed by atoms with Crippen molar-refractivity contribution >= 4 is 28.9 Å². The molecule has 1 aromatic rings. The molecule has 2 aliphatic rings. The number of amides is 2. The fraction of sp³-hybridized carbons (Fsp3) is 0.667. The summed E-state index contributed by atoms with van der Waals surface area (Å²) in [4.78, 5) is 43.1. The van der Waals surface area contributed by atoms with Gasteiger partial charge in [-0.3, -0.25) is 14.4 Å². The predicted molar refractivity (Wildman–Crippen MR) is 107 cm³/mol. The number of ketones is 1. The van der Waals surface area contributed by atoms with E-state index in [4.69, 9.17) is 0 Å². The summed E-state index contributed by atoms with van der Waals surface area (Å²) in [6.07, 6.45) is 6.70. The van der Waals surface area contributed by atoms with Crippen molar-refractivity contribution in [2.45, 2.75) is 58.3 Å². The number of thiophene rings is 1. The minimum Gasteiger partial charge on any atom is -0.343 e. The molecule has 2 fully saturated rings. The molecule has 2 amide bonds. The van der Waals surface area contributed by atoms with E-state index >= 15 is 0 Å². The van der Waals surface area contributed by atoms with E-state index in [1.165, 1.54) is 24.2 Å². The molecule has 148 valence electrons. The molecule has 27 heavy (non-hydrogen) atoms. The molecule has 0 spiro atoms. The first-order valence-electron chi connectivity index (χ1n) is 10.2. The van der Waals surface area contributed by atoms with Gasteiger partial charge in [-0.25, -0.2) is 0 Å². The zero-order valence-electron chi connectivity index (χ0n) is 16.2. The molecule has 1 aromatic heterocycles. The van der Waals surface area contributed by atoms with Crippen molar-refractivity contribution in [3.05, 3.63) is 21.9 Å². The SMILES string of the molecule is Cc1ccc(C(=O)CCC(=O)N2CCC(C(=O)N3CCCCCC3)CC2)s1. The quantitative estimate of drug-likeness (QED) is 0.721. The molecular formula is C21H30N2O3S. The van der Waals surface area contributed by atoms with Crippen molar-refractivity contribution in [2.75, 3.05) is 26.2 Å². The Balaban J connectivity index is 1.42. The standard InChI is InChI=1S/C21H30N2O3S/c1-16-6-8-19(27-16)18(24)7-9-20(25)22-14-10-17(11-15-22)21(26)23-12-4-2-3-5-13-23/h6,8,17H,2-5,7,9-15H2,1H3. The van der Waals surface area contributed by atoms with Gasteiger partial charge < -0.3 is 9.80 Å². The fourth-order valence-corrected chi connectivity index (χ4v) is 4.85. The van der Waals surface area contributed by atoms with Crippen LogP contribution in [-0.2, 0) is 9.59 Å². The zero-order valence-corrected chi connectivity index (χ0v) is 17.1. The molecule has 0 saturated carbocycles. The summed E-state index contributed by atoms with van der Waals surface area (Å²) in [7, 11) is 0. The zero-order chi connectivity index (χ0) is 19.2. The Hall–Kier alpha value is -1.69. The average Bonchev–Trinajstić information content (AvgIpc) is 2.95. The van der Waals surface area contributed by atoms with Crippen LogP contribution in [-0.4, -0.2) is 53.6 Å². The molecule has 5 nitrogen and oxygen atoms in total. The highest BCUT2D eigenvalue weighted by molar-refractivity contribution is 7.14. The van der Waals surface area contributed by atoms with E-state index in [9.17, 15) is 14.4 Å². The van der Waals surface area contributed by atoms with E-state index in [2.05, 4.69) is 0 Å². The van der Waals surface area contributed by atoms with E-state index in [0.29, 0.717) is 13.1 Å². The molecular weight excluding hydrogens is 360 g/mol. The van der Waals surface area contributed by atoms with Gasteiger partial charge in [0, 0.05) is 49.8 Å². The summed E-state index contributed by atoms with van der Waals surface area (Å²) < 4.78 is 0. The Morgan fingerprint density at radius 3 is 2.19 bits per heavy atom. The Labute approximate surface area is 165 Å². The molecule has 6 heteroatoms. The van der Waals surface area contributed by atoms with Gasteiger partial charge >= 0.3 is 0 Å².